The molecule has 0 unspecified atom stereocenters. The van der Waals surface area contributed by atoms with E-state index in [2.05, 4.69) is 179 Å². The van der Waals surface area contributed by atoms with E-state index in [0.717, 1.165) is 39.0 Å². The normalized spacial score (nSPS) is 12.2. The average molecular weight is 661 g/mol. The first-order chi connectivity index (χ1) is 25.8. The number of rotatable bonds is 3. The van der Waals surface area contributed by atoms with Crippen molar-refractivity contribution < 1.29 is 0 Å². The summed E-state index contributed by atoms with van der Waals surface area (Å²) in [6.07, 6.45) is 0. The third kappa shape index (κ3) is 3.65. The molecule has 4 nitrogen and oxygen atoms in total. The van der Waals surface area contributed by atoms with E-state index in [1.165, 1.54) is 70.9 Å². The molecular weight excluding hydrogens is 633 g/mol. The van der Waals surface area contributed by atoms with E-state index >= 15 is 0 Å². The molecule has 0 saturated carbocycles. The standard InChI is InChI=1S/C48H28N4/c1-2-13-29(14-3-1)31-25-26-43-37(27-31)39-28-38-33-18-7-10-23-41(33)52(46(38)44-36-20-8-11-24-42(36)51(43)45(39)44)48-35-19-6-9-22-40(35)49-47(50-48)34-21-12-16-30-15-4-5-17-32(30)34/h1-28H. The van der Waals surface area contributed by atoms with Gasteiger partial charge in [0, 0.05) is 43.3 Å². The number of fused-ring (bicyclic) bond motifs is 12. The van der Waals surface area contributed by atoms with Crippen LogP contribution in [0.3, 0.4) is 0 Å². The fourth-order valence-corrected chi connectivity index (χ4v) is 8.81. The maximum Gasteiger partial charge on any atom is 0.162 e. The summed E-state index contributed by atoms with van der Waals surface area (Å²) in [7, 11) is 0. The summed E-state index contributed by atoms with van der Waals surface area (Å²) in [6.45, 7) is 0. The highest BCUT2D eigenvalue weighted by atomic mass is 15.1. The van der Waals surface area contributed by atoms with Crippen LogP contribution in [-0.2, 0) is 0 Å². The quantitative estimate of drug-likeness (QED) is 0.189. The van der Waals surface area contributed by atoms with Gasteiger partial charge in [-0.15, -0.1) is 0 Å². The van der Waals surface area contributed by atoms with Gasteiger partial charge in [-0.05, 0) is 64.4 Å². The summed E-state index contributed by atoms with van der Waals surface area (Å²) < 4.78 is 4.89. The summed E-state index contributed by atoms with van der Waals surface area (Å²) in [5, 5.41) is 10.7. The van der Waals surface area contributed by atoms with Crippen molar-refractivity contribution in [1.82, 2.24) is 18.9 Å². The number of nitrogens with zero attached hydrogens (tertiary/aromatic N) is 4. The Bertz CT molecular complexity index is 3400. The van der Waals surface area contributed by atoms with Gasteiger partial charge in [0.2, 0.25) is 0 Å². The van der Waals surface area contributed by atoms with Crippen molar-refractivity contribution in [3.8, 4) is 28.3 Å². The maximum absolute atomic E-state index is 5.53. The molecule has 12 rings (SSSR count). The zero-order valence-corrected chi connectivity index (χ0v) is 28.0. The minimum atomic E-state index is 0.719. The van der Waals surface area contributed by atoms with Crippen LogP contribution in [0, 0.1) is 0 Å². The van der Waals surface area contributed by atoms with Crippen molar-refractivity contribution in [2.45, 2.75) is 0 Å². The molecule has 0 aliphatic rings. The highest BCUT2D eigenvalue weighted by molar-refractivity contribution is 6.34. The second-order valence-corrected chi connectivity index (χ2v) is 13.8. The molecule has 4 heteroatoms. The molecule has 0 saturated heterocycles. The van der Waals surface area contributed by atoms with Crippen molar-refractivity contribution >= 4 is 81.6 Å². The smallest absolute Gasteiger partial charge is 0.162 e. The molecule has 0 aliphatic heterocycles. The summed E-state index contributed by atoms with van der Waals surface area (Å²) in [4.78, 5) is 10.7. The molecule has 8 aromatic carbocycles. The molecule has 0 radical (unpaired) electrons. The Labute approximate surface area is 297 Å². The van der Waals surface area contributed by atoms with E-state index in [1.54, 1.807) is 0 Å². The molecule has 0 bridgehead atoms. The molecule has 0 N–H and O–H groups in total. The number of hydrogen-bond acceptors (Lipinski definition) is 2. The van der Waals surface area contributed by atoms with Crippen molar-refractivity contribution in [2.75, 3.05) is 0 Å². The van der Waals surface area contributed by atoms with Crippen molar-refractivity contribution in [2.24, 2.45) is 0 Å². The van der Waals surface area contributed by atoms with Crippen LogP contribution in [0.4, 0.5) is 0 Å². The summed E-state index contributed by atoms with van der Waals surface area (Å²) >= 11 is 0. The summed E-state index contributed by atoms with van der Waals surface area (Å²) in [6, 6.07) is 61.0. The summed E-state index contributed by atoms with van der Waals surface area (Å²) in [5.41, 5.74) is 10.3. The van der Waals surface area contributed by atoms with Crippen molar-refractivity contribution in [3.63, 3.8) is 0 Å². The Hall–Kier alpha value is -7.04. The van der Waals surface area contributed by atoms with E-state index in [9.17, 15) is 0 Å². The second-order valence-electron chi connectivity index (χ2n) is 13.8. The molecule has 12 aromatic rings. The zero-order chi connectivity index (χ0) is 33.9. The lowest BCUT2D eigenvalue weighted by atomic mass is 10.00. The third-order valence-corrected chi connectivity index (χ3v) is 11.0. The molecule has 4 aromatic heterocycles. The van der Waals surface area contributed by atoms with Crippen LogP contribution >= 0.6 is 0 Å². The lowest BCUT2D eigenvalue weighted by Crippen LogP contribution is -2.03. The second kappa shape index (κ2) is 10.3. The van der Waals surface area contributed by atoms with Gasteiger partial charge < -0.3 is 4.40 Å². The molecular formula is C48H28N4. The first-order valence-electron chi connectivity index (χ1n) is 17.8. The topological polar surface area (TPSA) is 35.1 Å². The third-order valence-electron chi connectivity index (χ3n) is 11.0. The van der Waals surface area contributed by atoms with E-state index in [1.807, 2.05) is 0 Å². The van der Waals surface area contributed by atoms with Crippen LogP contribution in [0.15, 0.2) is 170 Å². The van der Waals surface area contributed by atoms with Gasteiger partial charge in [-0.3, -0.25) is 4.57 Å². The van der Waals surface area contributed by atoms with Crippen molar-refractivity contribution in [1.29, 1.82) is 0 Å². The van der Waals surface area contributed by atoms with Gasteiger partial charge in [-0.1, -0.05) is 127 Å². The Morgan fingerprint density at radius 2 is 1.06 bits per heavy atom. The average Bonchev–Trinajstić information content (AvgIpc) is 3.85. The van der Waals surface area contributed by atoms with Crippen LogP contribution in [0.2, 0.25) is 0 Å². The van der Waals surface area contributed by atoms with E-state index in [4.69, 9.17) is 9.97 Å². The highest BCUT2D eigenvalue weighted by Gasteiger charge is 2.26. The first-order valence-corrected chi connectivity index (χ1v) is 17.8. The minimum absolute atomic E-state index is 0.719. The van der Waals surface area contributed by atoms with Crippen LogP contribution < -0.4 is 0 Å². The van der Waals surface area contributed by atoms with Gasteiger partial charge in [0.1, 0.15) is 5.82 Å². The Morgan fingerprint density at radius 3 is 1.94 bits per heavy atom. The lowest BCUT2D eigenvalue weighted by Gasteiger charge is -2.14. The van der Waals surface area contributed by atoms with Gasteiger partial charge in [0.05, 0.1) is 33.1 Å². The minimum Gasteiger partial charge on any atom is -0.308 e. The van der Waals surface area contributed by atoms with Gasteiger partial charge in [-0.25, -0.2) is 9.97 Å². The van der Waals surface area contributed by atoms with E-state index in [0.29, 0.717) is 0 Å². The fraction of sp³-hybridized carbons (Fsp3) is 0. The van der Waals surface area contributed by atoms with Gasteiger partial charge in [0.25, 0.3) is 0 Å². The molecule has 4 heterocycles. The van der Waals surface area contributed by atoms with Crippen LogP contribution in [0.5, 0.6) is 0 Å². The first kappa shape index (κ1) is 27.7. The van der Waals surface area contributed by atoms with Gasteiger partial charge >= 0.3 is 0 Å². The maximum atomic E-state index is 5.53. The van der Waals surface area contributed by atoms with Gasteiger partial charge in [-0.2, -0.15) is 0 Å². The Kier molecular flexibility index (Phi) is 5.47. The molecule has 0 spiro atoms. The monoisotopic (exact) mass is 660 g/mol. The van der Waals surface area contributed by atoms with Crippen LogP contribution in [-0.4, -0.2) is 18.9 Å². The number of aromatic nitrogens is 4. The Morgan fingerprint density at radius 1 is 0.385 bits per heavy atom. The van der Waals surface area contributed by atoms with Crippen LogP contribution in [0.1, 0.15) is 0 Å². The lowest BCUT2D eigenvalue weighted by molar-refractivity contribution is 1.08. The summed E-state index contributed by atoms with van der Waals surface area (Å²) in [5.74, 6) is 1.60. The van der Waals surface area contributed by atoms with E-state index in [-0.39, 0.29) is 0 Å². The fourth-order valence-electron chi connectivity index (χ4n) is 8.81. The predicted molar refractivity (Wildman–Crippen MR) is 217 cm³/mol. The highest BCUT2D eigenvalue weighted by Crippen LogP contribution is 2.47. The number of benzene rings is 8. The molecule has 0 atom stereocenters. The molecule has 240 valence electrons. The Balaban J connectivity index is 1.27. The van der Waals surface area contributed by atoms with Crippen molar-refractivity contribution in [3.05, 3.63) is 170 Å². The molecule has 0 aliphatic carbocycles. The molecule has 0 fully saturated rings. The van der Waals surface area contributed by atoms with E-state index < -0.39 is 0 Å². The molecule has 0 amide bonds. The zero-order valence-electron chi connectivity index (χ0n) is 28.0. The largest absolute Gasteiger partial charge is 0.308 e. The van der Waals surface area contributed by atoms with Crippen LogP contribution in [0.25, 0.3) is 110 Å². The van der Waals surface area contributed by atoms with Gasteiger partial charge in [0.15, 0.2) is 5.82 Å². The number of para-hydroxylation sites is 3. The molecule has 52 heavy (non-hydrogen) atoms. The SMILES string of the molecule is c1ccc(-c2ccc3c(c2)c2cc4c5ccccc5n(-c5nc(-c6cccc7ccccc67)nc6ccccc56)c4c4c5ccccc5n3c24)cc1. The predicted octanol–water partition coefficient (Wildman–Crippen LogP) is 12.4. The number of hydrogen-bond donors (Lipinski definition) is 0.